The zero-order valence-electron chi connectivity index (χ0n) is 1.63. The molecule has 5 heavy (non-hydrogen) atoms. The SMILES string of the molecule is [LiH].[Ni].[O]=[Ti]=[O]. The van der Waals surface area contributed by atoms with E-state index in [2.05, 4.69) is 0 Å². The molecule has 0 spiro atoms. The summed E-state index contributed by atoms with van der Waals surface area (Å²) in [7, 11) is 0. The summed E-state index contributed by atoms with van der Waals surface area (Å²) in [6.45, 7) is 0. The van der Waals surface area contributed by atoms with Crippen molar-refractivity contribution in [1.29, 1.82) is 0 Å². The van der Waals surface area contributed by atoms with Crippen LogP contribution in [0.4, 0.5) is 0 Å². The summed E-state index contributed by atoms with van der Waals surface area (Å²) >= 11 is -2.00. The fourth-order valence-corrected chi connectivity index (χ4v) is 0. The summed E-state index contributed by atoms with van der Waals surface area (Å²) in [6, 6.07) is 0. The first-order chi connectivity index (χ1) is 1.41. The van der Waals surface area contributed by atoms with Crippen LogP contribution in [0.25, 0.3) is 0 Å². The molecule has 0 unspecified atom stereocenters. The van der Waals surface area contributed by atoms with Gasteiger partial charge in [-0.05, 0) is 0 Å². The Kier molecular flexibility index (Phi) is 58.5. The van der Waals surface area contributed by atoms with Crippen LogP contribution in [-0.4, -0.2) is 18.9 Å². The van der Waals surface area contributed by atoms with Gasteiger partial charge in [0.1, 0.15) is 0 Å². The Labute approximate surface area is 60.8 Å². The van der Waals surface area contributed by atoms with Crippen LogP contribution < -0.4 is 0 Å². The van der Waals surface area contributed by atoms with E-state index in [4.69, 9.17) is 6.65 Å². The van der Waals surface area contributed by atoms with Crippen molar-refractivity contribution in [2.24, 2.45) is 0 Å². The Balaban J connectivity index is -0.0000000200. The molecule has 0 heterocycles. The van der Waals surface area contributed by atoms with Crippen molar-refractivity contribution in [2.45, 2.75) is 0 Å². The number of hydrogen-bond acceptors (Lipinski definition) is 2. The van der Waals surface area contributed by atoms with Gasteiger partial charge in [-0.25, -0.2) is 0 Å². The van der Waals surface area contributed by atoms with Crippen LogP contribution in [0, 0.1) is 0 Å². The van der Waals surface area contributed by atoms with Crippen molar-refractivity contribution in [3.05, 3.63) is 0 Å². The average molecular weight is 147 g/mol. The van der Waals surface area contributed by atoms with Crippen molar-refractivity contribution in [3.63, 3.8) is 0 Å². The normalized spacial score (nSPS) is 1.60. The first kappa shape index (κ1) is 16.1. The van der Waals surface area contributed by atoms with Gasteiger partial charge in [-0.3, -0.25) is 0 Å². The van der Waals surface area contributed by atoms with Crippen LogP contribution in [0.1, 0.15) is 0 Å². The zero-order chi connectivity index (χ0) is 2.71. The summed E-state index contributed by atoms with van der Waals surface area (Å²) < 4.78 is 17.0. The van der Waals surface area contributed by atoms with E-state index in [1.807, 2.05) is 0 Å². The number of hydrogen-bond donors (Lipinski definition) is 0. The molecule has 0 saturated heterocycles. The number of rotatable bonds is 0. The quantitative estimate of drug-likeness (QED) is 0.416. The summed E-state index contributed by atoms with van der Waals surface area (Å²) in [6.07, 6.45) is 0. The zero-order valence-corrected chi connectivity index (χ0v) is 4.18. The molecular formula is HLiNiO2Ti. The van der Waals surface area contributed by atoms with Crippen LogP contribution in [0.2, 0.25) is 0 Å². The van der Waals surface area contributed by atoms with Crippen LogP contribution in [0.15, 0.2) is 0 Å². The molecule has 0 fully saturated rings. The Morgan fingerprint density at radius 3 is 1.20 bits per heavy atom. The van der Waals surface area contributed by atoms with Crippen LogP contribution in [0.5, 0.6) is 0 Å². The Morgan fingerprint density at radius 1 is 1.20 bits per heavy atom. The van der Waals surface area contributed by atoms with Gasteiger partial charge in [0.25, 0.3) is 0 Å². The molecule has 0 bridgehead atoms. The summed E-state index contributed by atoms with van der Waals surface area (Å²) in [5.41, 5.74) is 0. The van der Waals surface area contributed by atoms with E-state index in [1.165, 1.54) is 0 Å². The molecule has 0 rings (SSSR count). The first-order valence-corrected chi connectivity index (χ1v) is 1.68. The Morgan fingerprint density at radius 2 is 1.20 bits per heavy atom. The van der Waals surface area contributed by atoms with Crippen LogP contribution in [-0.2, 0) is 42.2 Å². The summed E-state index contributed by atoms with van der Waals surface area (Å²) in [5, 5.41) is 0. The molecule has 0 aromatic rings. The van der Waals surface area contributed by atoms with E-state index in [0.29, 0.717) is 0 Å². The summed E-state index contributed by atoms with van der Waals surface area (Å²) in [4.78, 5) is 0. The molecule has 0 aliphatic carbocycles. The maximum absolute atomic E-state index is 8.50. The van der Waals surface area contributed by atoms with Crippen LogP contribution >= 0.6 is 0 Å². The standard InChI is InChI=1S/Li.Ni.2O.Ti.H. The van der Waals surface area contributed by atoms with Gasteiger partial charge >= 0.3 is 44.6 Å². The second kappa shape index (κ2) is 18.1. The third kappa shape index (κ3) is 31.7. The minimum absolute atomic E-state index is 0. The molecule has 0 aromatic heterocycles. The van der Waals surface area contributed by atoms with E-state index < -0.39 is 19.1 Å². The third-order valence-corrected chi connectivity index (χ3v) is 0. The second-order valence-electron chi connectivity index (χ2n) is 0.0833. The molecular weight excluding hydrogens is 145 g/mol. The van der Waals surface area contributed by atoms with Gasteiger partial charge in [-0.1, -0.05) is 0 Å². The minimum atomic E-state index is -2.00. The monoisotopic (exact) mass is 146 g/mol. The van der Waals surface area contributed by atoms with Crippen molar-refractivity contribution in [2.75, 3.05) is 0 Å². The van der Waals surface area contributed by atoms with E-state index >= 15 is 0 Å². The molecule has 2 nitrogen and oxygen atoms in total. The molecule has 5 heteroatoms. The van der Waals surface area contributed by atoms with Gasteiger partial charge in [-0.2, -0.15) is 0 Å². The molecule has 0 radical (unpaired) electrons. The van der Waals surface area contributed by atoms with Gasteiger partial charge in [0.05, 0.1) is 0 Å². The molecule has 0 aliphatic rings. The van der Waals surface area contributed by atoms with E-state index in [1.54, 1.807) is 0 Å². The molecule has 0 aliphatic heterocycles. The topological polar surface area (TPSA) is 34.1 Å². The van der Waals surface area contributed by atoms with Gasteiger partial charge in [0.15, 0.2) is 0 Å². The first-order valence-electron chi connectivity index (χ1n) is 0.408. The maximum atomic E-state index is 8.50. The van der Waals surface area contributed by atoms with Gasteiger partial charge in [-0.15, -0.1) is 0 Å². The van der Waals surface area contributed by atoms with E-state index in [9.17, 15) is 0 Å². The molecule has 0 saturated carbocycles. The molecule has 0 amide bonds. The summed E-state index contributed by atoms with van der Waals surface area (Å²) in [5.74, 6) is 0. The van der Waals surface area contributed by atoms with Crippen molar-refractivity contribution >= 4 is 18.9 Å². The fraction of sp³-hybridized carbons (Fsp3) is 0. The van der Waals surface area contributed by atoms with Crippen molar-refractivity contribution in [3.8, 4) is 0 Å². The van der Waals surface area contributed by atoms with Gasteiger partial charge < -0.3 is 0 Å². The second-order valence-corrected chi connectivity index (χ2v) is 0.344. The van der Waals surface area contributed by atoms with E-state index in [-0.39, 0.29) is 35.4 Å². The van der Waals surface area contributed by atoms with Crippen LogP contribution in [0.3, 0.4) is 0 Å². The molecule has 0 aromatic carbocycles. The predicted molar refractivity (Wildman–Crippen MR) is 8.52 cm³/mol. The molecule has 0 N–H and O–H groups in total. The Bertz CT molecular complexity index is 30.6. The predicted octanol–water partition coefficient (Wildman–Crippen LogP) is -0.891. The van der Waals surface area contributed by atoms with E-state index in [0.717, 1.165) is 0 Å². The van der Waals surface area contributed by atoms with Crippen molar-refractivity contribution in [1.82, 2.24) is 0 Å². The van der Waals surface area contributed by atoms with Gasteiger partial charge in [0, 0.05) is 16.5 Å². The third-order valence-electron chi connectivity index (χ3n) is 0. The average Bonchev–Trinajstić information content (AvgIpc) is 0.918. The Hall–Kier alpha value is 1.41. The van der Waals surface area contributed by atoms with Gasteiger partial charge in [0.2, 0.25) is 0 Å². The molecule has 28 valence electrons. The fourth-order valence-electron chi connectivity index (χ4n) is 0. The van der Waals surface area contributed by atoms with Crippen molar-refractivity contribution < 1.29 is 42.2 Å². The molecule has 0 atom stereocenters.